The minimum atomic E-state index is -3.71. The number of benzene rings is 1. The van der Waals surface area contributed by atoms with Gasteiger partial charge in [0.2, 0.25) is 10.0 Å². The lowest BCUT2D eigenvalue weighted by molar-refractivity contribution is 0.582. The molecule has 3 rings (SSSR count). The summed E-state index contributed by atoms with van der Waals surface area (Å²) in [6.07, 6.45) is 4.45. The Balaban J connectivity index is 2.06. The van der Waals surface area contributed by atoms with Crippen LogP contribution in [0.2, 0.25) is 0 Å². The zero-order valence-corrected chi connectivity index (χ0v) is 17.0. The van der Waals surface area contributed by atoms with Gasteiger partial charge in [-0.25, -0.2) is 12.8 Å². The number of rotatable bonds is 7. The van der Waals surface area contributed by atoms with Crippen molar-refractivity contribution >= 4 is 27.1 Å². The van der Waals surface area contributed by atoms with E-state index in [9.17, 15) is 17.6 Å². The van der Waals surface area contributed by atoms with Crippen LogP contribution in [-0.4, -0.2) is 17.7 Å². The predicted octanol–water partition coefficient (Wildman–Crippen LogP) is 3.74. The number of pyridine rings is 1. The molecule has 150 valence electrons. The minimum Gasteiger partial charge on any atom is -0.351 e. The molecule has 2 aromatic rings. The molecule has 28 heavy (non-hydrogen) atoms. The summed E-state index contributed by atoms with van der Waals surface area (Å²) in [5, 5.41) is 2.90. The van der Waals surface area contributed by atoms with Gasteiger partial charge in [-0.1, -0.05) is 12.1 Å². The van der Waals surface area contributed by atoms with Crippen LogP contribution in [0.4, 0.5) is 21.5 Å². The van der Waals surface area contributed by atoms with Gasteiger partial charge in [0.15, 0.2) is 0 Å². The molecule has 0 atom stereocenters. The molecule has 0 bridgehead atoms. The van der Waals surface area contributed by atoms with Crippen molar-refractivity contribution in [2.45, 2.75) is 37.9 Å². The fraction of sp³-hybridized carbons (Fsp3) is 0.350. The van der Waals surface area contributed by atoms with Gasteiger partial charge in [0.05, 0.1) is 21.8 Å². The van der Waals surface area contributed by atoms with E-state index in [4.69, 9.17) is 0 Å². The molecule has 1 fully saturated rings. The summed E-state index contributed by atoms with van der Waals surface area (Å²) in [6.45, 7) is 6.99. The zero-order chi connectivity index (χ0) is 20.7. The molecule has 0 saturated heterocycles. The summed E-state index contributed by atoms with van der Waals surface area (Å²) in [5.74, 6) is -0.487. The molecule has 1 aromatic carbocycles. The van der Waals surface area contributed by atoms with Crippen molar-refractivity contribution in [3.05, 3.63) is 64.3 Å². The Kier molecular flexibility index (Phi) is 5.10. The van der Waals surface area contributed by atoms with Gasteiger partial charge in [0.1, 0.15) is 5.82 Å². The lowest BCUT2D eigenvalue weighted by Gasteiger charge is -2.21. The standard InChI is InChI=1S/C20H24FN3O3S/c1-5-8-20(9-10-20)28(26,27)23-17-12-24(4)19(25)14(3)18(17)22-16-7-6-13(2)11-15(16)21/h5-7,11-12,22-23H,1,8-10H2,2-4H3. The Labute approximate surface area is 164 Å². The summed E-state index contributed by atoms with van der Waals surface area (Å²) in [4.78, 5) is 12.4. The van der Waals surface area contributed by atoms with Crippen LogP contribution in [0.15, 0.2) is 41.8 Å². The number of sulfonamides is 1. The molecule has 1 aliphatic carbocycles. The van der Waals surface area contributed by atoms with Crippen LogP contribution in [0.5, 0.6) is 0 Å². The van der Waals surface area contributed by atoms with Crippen molar-refractivity contribution in [2.75, 3.05) is 10.0 Å². The van der Waals surface area contributed by atoms with E-state index >= 15 is 0 Å². The molecular weight excluding hydrogens is 381 g/mol. The zero-order valence-electron chi connectivity index (χ0n) is 16.2. The van der Waals surface area contributed by atoms with Crippen molar-refractivity contribution in [1.29, 1.82) is 0 Å². The maximum absolute atomic E-state index is 14.3. The van der Waals surface area contributed by atoms with Crippen LogP contribution in [0.1, 0.15) is 30.4 Å². The van der Waals surface area contributed by atoms with E-state index in [2.05, 4.69) is 16.6 Å². The van der Waals surface area contributed by atoms with Gasteiger partial charge in [-0.05, 0) is 50.8 Å². The van der Waals surface area contributed by atoms with Gasteiger partial charge in [0, 0.05) is 18.8 Å². The monoisotopic (exact) mass is 405 g/mol. The summed E-state index contributed by atoms with van der Waals surface area (Å²) in [6, 6.07) is 4.65. The third-order valence-electron chi connectivity index (χ3n) is 5.13. The highest BCUT2D eigenvalue weighted by Gasteiger charge is 2.53. The average Bonchev–Trinajstić information content (AvgIpc) is 3.40. The summed E-state index contributed by atoms with van der Waals surface area (Å²) < 4.78 is 43.3. The maximum atomic E-state index is 14.3. The predicted molar refractivity (Wildman–Crippen MR) is 110 cm³/mol. The molecule has 8 heteroatoms. The number of aryl methyl sites for hydroxylation is 2. The molecule has 1 aliphatic rings. The Morgan fingerprint density at radius 1 is 1.29 bits per heavy atom. The van der Waals surface area contributed by atoms with Crippen LogP contribution in [0, 0.1) is 19.7 Å². The average molecular weight is 405 g/mol. The number of hydrogen-bond acceptors (Lipinski definition) is 4. The molecule has 0 aliphatic heterocycles. The topological polar surface area (TPSA) is 80.2 Å². The van der Waals surface area contributed by atoms with Crippen LogP contribution >= 0.6 is 0 Å². The van der Waals surface area contributed by atoms with E-state index in [1.807, 2.05) is 0 Å². The van der Waals surface area contributed by atoms with Crippen molar-refractivity contribution in [3.63, 3.8) is 0 Å². The van der Waals surface area contributed by atoms with E-state index in [1.54, 1.807) is 39.1 Å². The molecule has 0 amide bonds. The Morgan fingerprint density at radius 2 is 1.96 bits per heavy atom. The highest BCUT2D eigenvalue weighted by molar-refractivity contribution is 7.94. The van der Waals surface area contributed by atoms with E-state index in [-0.39, 0.29) is 28.2 Å². The van der Waals surface area contributed by atoms with E-state index in [0.717, 1.165) is 5.56 Å². The fourth-order valence-corrected chi connectivity index (χ4v) is 4.86. The molecule has 6 nitrogen and oxygen atoms in total. The van der Waals surface area contributed by atoms with Crippen molar-refractivity contribution in [2.24, 2.45) is 7.05 Å². The van der Waals surface area contributed by atoms with Crippen molar-refractivity contribution in [1.82, 2.24) is 4.57 Å². The van der Waals surface area contributed by atoms with Crippen LogP contribution in [-0.2, 0) is 17.1 Å². The second-order valence-electron chi connectivity index (χ2n) is 7.35. The minimum absolute atomic E-state index is 0.162. The van der Waals surface area contributed by atoms with Gasteiger partial charge in [-0.2, -0.15) is 0 Å². The molecular formula is C20H24FN3O3S. The summed E-state index contributed by atoms with van der Waals surface area (Å²) >= 11 is 0. The molecule has 0 spiro atoms. The Bertz CT molecular complexity index is 1100. The van der Waals surface area contributed by atoms with Gasteiger partial charge < -0.3 is 9.88 Å². The number of aromatic nitrogens is 1. The first-order valence-electron chi connectivity index (χ1n) is 8.97. The molecule has 0 radical (unpaired) electrons. The SMILES string of the molecule is C=CCC1(S(=O)(=O)Nc2cn(C)c(=O)c(C)c2Nc2ccc(C)cc2F)CC1. The molecule has 1 heterocycles. The van der Waals surface area contributed by atoms with E-state index in [0.29, 0.717) is 19.3 Å². The number of nitrogens with one attached hydrogen (secondary N) is 2. The third kappa shape index (κ3) is 3.56. The number of hydrogen-bond donors (Lipinski definition) is 2. The van der Waals surface area contributed by atoms with Gasteiger partial charge in [-0.15, -0.1) is 6.58 Å². The Morgan fingerprint density at radius 3 is 2.54 bits per heavy atom. The molecule has 1 aromatic heterocycles. The second kappa shape index (κ2) is 7.09. The molecule has 1 saturated carbocycles. The number of allylic oxidation sites excluding steroid dienone is 1. The fourth-order valence-electron chi connectivity index (χ4n) is 3.22. The molecule has 2 N–H and O–H groups in total. The number of nitrogens with zero attached hydrogens (tertiary/aromatic N) is 1. The second-order valence-corrected chi connectivity index (χ2v) is 9.43. The van der Waals surface area contributed by atoms with Gasteiger partial charge >= 0.3 is 0 Å². The van der Waals surface area contributed by atoms with Crippen molar-refractivity contribution < 1.29 is 12.8 Å². The highest BCUT2D eigenvalue weighted by atomic mass is 32.2. The summed E-state index contributed by atoms with van der Waals surface area (Å²) in [5.41, 5.74) is 1.35. The lowest BCUT2D eigenvalue weighted by atomic mass is 10.2. The number of halogens is 1. The maximum Gasteiger partial charge on any atom is 0.255 e. The lowest BCUT2D eigenvalue weighted by Crippen LogP contribution is -2.31. The normalized spacial score (nSPS) is 15.1. The highest BCUT2D eigenvalue weighted by Crippen LogP contribution is 2.47. The number of anilines is 3. The van der Waals surface area contributed by atoms with Gasteiger partial charge in [-0.3, -0.25) is 9.52 Å². The first-order chi connectivity index (χ1) is 13.1. The van der Waals surface area contributed by atoms with Crippen LogP contribution in [0.3, 0.4) is 0 Å². The van der Waals surface area contributed by atoms with Crippen molar-refractivity contribution in [3.8, 4) is 0 Å². The largest absolute Gasteiger partial charge is 0.351 e. The first-order valence-corrected chi connectivity index (χ1v) is 10.5. The Hall–Kier alpha value is -2.61. The van der Waals surface area contributed by atoms with E-state index in [1.165, 1.54) is 16.8 Å². The quantitative estimate of drug-likeness (QED) is 0.688. The van der Waals surface area contributed by atoms with Gasteiger partial charge in [0.25, 0.3) is 5.56 Å². The summed E-state index contributed by atoms with van der Waals surface area (Å²) in [7, 11) is -2.17. The first kappa shape index (κ1) is 20.1. The van der Waals surface area contributed by atoms with E-state index < -0.39 is 20.6 Å². The third-order valence-corrected chi connectivity index (χ3v) is 7.33. The smallest absolute Gasteiger partial charge is 0.255 e. The van der Waals surface area contributed by atoms with Crippen LogP contribution < -0.4 is 15.6 Å². The molecule has 0 unspecified atom stereocenters. The van der Waals surface area contributed by atoms with Crippen LogP contribution in [0.25, 0.3) is 0 Å².